The van der Waals surface area contributed by atoms with E-state index in [1.165, 1.54) is 11.1 Å². The molecule has 2 aromatic rings. The van der Waals surface area contributed by atoms with Crippen LogP contribution in [0.15, 0.2) is 30.5 Å². The summed E-state index contributed by atoms with van der Waals surface area (Å²) in [5.74, 6) is 0.962. The third-order valence-corrected chi connectivity index (χ3v) is 3.63. The molecule has 0 spiro atoms. The number of aromatic amines is 1. The molecule has 0 saturated heterocycles. The van der Waals surface area contributed by atoms with Crippen molar-refractivity contribution in [1.82, 2.24) is 15.3 Å². The molecule has 3 nitrogen and oxygen atoms in total. The molecule has 3 heteroatoms. The van der Waals surface area contributed by atoms with Crippen molar-refractivity contribution in [1.29, 1.82) is 0 Å². The first-order valence-electron chi connectivity index (χ1n) is 7.20. The molecular formula is C17H25N3. The van der Waals surface area contributed by atoms with Crippen LogP contribution in [0.3, 0.4) is 0 Å². The van der Waals surface area contributed by atoms with Crippen LogP contribution in [0.2, 0.25) is 0 Å². The smallest absolute Gasteiger partial charge is 0.103 e. The summed E-state index contributed by atoms with van der Waals surface area (Å²) in [5, 5.41) is 3.52. The quantitative estimate of drug-likeness (QED) is 0.886. The molecule has 1 atom stereocenters. The highest BCUT2D eigenvalue weighted by Gasteiger charge is 2.14. The van der Waals surface area contributed by atoms with E-state index in [-0.39, 0.29) is 5.41 Å². The summed E-state index contributed by atoms with van der Waals surface area (Å²) >= 11 is 0. The van der Waals surface area contributed by atoms with E-state index in [2.05, 4.69) is 67.2 Å². The average molecular weight is 271 g/mol. The third-order valence-electron chi connectivity index (χ3n) is 3.63. The molecule has 108 valence electrons. The van der Waals surface area contributed by atoms with E-state index in [4.69, 9.17) is 0 Å². The molecule has 0 fully saturated rings. The van der Waals surface area contributed by atoms with Crippen molar-refractivity contribution in [2.45, 2.75) is 52.6 Å². The Kier molecular flexibility index (Phi) is 4.29. The van der Waals surface area contributed by atoms with Gasteiger partial charge in [-0.25, -0.2) is 4.98 Å². The van der Waals surface area contributed by atoms with Gasteiger partial charge >= 0.3 is 0 Å². The van der Waals surface area contributed by atoms with Gasteiger partial charge in [-0.1, -0.05) is 45.0 Å². The Morgan fingerprint density at radius 3 is 2.35 bits per heavy atom. The molecule has 2 rings (SSSR count). The zero-order valence-electron chi connectivity index (χ0n) is 13.1. The van der Waals surface area contributed by atoms with Gasteiger partial charge in [0.2, 0.25) is 0 Å². The van der Waals surface area contributed by atoms with Crippen LogP contribution in [0.25, 0.3) is 0 Å². The highest BCUT2D eigenvalue weighted by molar-refractivity contribution is 5.29. The van der Waals surface area contributed by atoms with Gasteiger partial charge in [0.05, 0.1) is 0 Å². The summed E-state index contributed by atoms with van der Waals surface area (Å²) in [6.07, 6.45) is 1.89. The minimum atomic E-state index is 0.211. The number of imidazole rings is 1. The Balaban J connectivity index is 1.97. The number of aromatic nitrogens is 2. The highest BCUT2D eigenvalue weighted by atomic mass is 15.0. The molecule has 0 radical (unpaired) electrons. The maximum atomic E-state index is 4.21. The number of benzene rings is 1. The molecule has 0 aliphatic rings. The van der Waals surface area contributed by atoms with Gasteiger partial charge in [-0.2, -0.15) is 0 Å². The Morgan fingerprint density at radius 1 is 1.20 bits per heavy atom. The molecule has 0 amide bonds. The van der Waals surface area contributed by atoms with Crippen LogP contribution in [-0.4, -0.2) is 9.97 Å². The number of rotatable bonds is 4. The van der Waals surface area contributed by atoms with Crippen molar-refractivity contribution >= 4 is 0 Å². The molecule has 1 aromatic carbocycles. The van der Waals surface area contributed by atoms with Gasteiger partial charge in [0.15, 0.2) is 0 Å². The molecule has 0 saturated carbocycles. The van der Waals surface area contributed by atoms with Crippen molar-refractivity contribution in [3.63, 3.8) is 0 Å². The Bertz CT molecular complexity index is 546. The zero-order chi connectivity index (χ0) is 14.8. The van der Waals surface area contributed by atoms with E-state index < -0.39 is 0 Å². The highest BCUT2D eigenvalue weighted by Crippen LogP contribution is 2.23. The van der Waals surface area contributed by atoms with Crippen LogP contribution in [0.4, 0.5) is 0 Å². The summed E-state index contributed by atoms with van der Waals surface area (Å²) < 4.78 is 0. The monoisotopic (exact) mass is 271 g/mol. The molecule has 1 heterocycles. The Morgan fingerprint density at radius 2 is 1.85 bits per heavy atom. The number of aryl methyl sites for hydroxylation is 1. The Hall–Kier alpha value is -1.61. The second kappa shape index (κ2) is 5.80. The van der Waals surface area contributed by atoms with Crippen LogP contribution in [0, 0.1) is 6.92 Å². The summed E-state index contributed by atoms with van der Waals surface area (Å²) in [4.78, 5) is 7.45. The third kappa shape index (κ3) is 3.70. The van der Waals surface area contributed by atoms with Crippen molar-refractivity contribution in [2.24, 2.45) is 0 Å². The lowest BCUT2D eigenvalue weighted by Crippen LogP contribution is -2.18. The lowest BCUT2D eigenvalue weighted by Gasteiger charge is -2.20. The van der Waals surface area contributed by atoms with E-state index in [0.29, 0.717) is 6.04 Å². The summed E-state index contributed by atoms with van der Waals surface area (Å²) in [7, 11) is 0. The largest absolute Gasteiger partial charge is 0.345 e. The lowest BCUT2D eigenvalue weighted by molar-refractivity contribution is 0.565. The second-order valence-corrected chi connectivity index (χ2v) is 6.47. The topological polar surface area (TPSA) is 40.7 Å². The molecular weight excluding hydrogens is 246 g/mol. The number of hydrogen-bond donors (Lipinski definition) is 2. The SMILES string of the molecule is Cc1ncc(CNC(C)c2ccc(C(C)(C)C)cc2)[nH]1. The molecule has 0 bridgehead atoms. The van der Waals surface area contributed by atoms with E-state index >= 15 is 0 Å². The standard InChI is InChI=1S/C17H25N3/c1-12(18-10-16-11-19-13(2)20-16)14-6-8-15(9-7-14)17(3,4)5/h6-9,11-12,18H,10H2,1-5H3,(H,19,20). The van der Waals surface area contributed by atoms with E-state index in [1.807, 2.05) is 13.1 Å². The van der Waals surface area contributed by atoms with Crippen LogP contribution in [0.1, 0.15) is 56.4 Å². The fraction of sp³-hybridized carbons (Fsp3) is 0.471. The molecule has 1 aromatic heterocycles. The van der Waals surface area contributed by atoms with Gasteiger partial charge in [-0.05, 0) is 30.4 Å². The molecule has 0 aliphatic carbocycles. The fourth-order valence-corrected chi connectivity index (χ4v) is 2.21. The normalized spacial score (nSPS) is 13.4. The molecule has 2 N–H and O–H groups in total. The second-order valence-electron chi connectivity index (χ2n) is 6.47. The van der Waals surface area contributed by atoms with Gasteiger partial charge < -0.3 is 10.3 Å². The summed E-state index contributed by atoms with van der Waals surface area (Å²) in [6, 6.07) is 9.22. The van der Waals surface area contributed by atoms with Crippen LogP contribution in [-0.2, 0) is 12.0 Å². The lowest BCUT2D eigenvalue weighted by atomic mass is 9.86. The minimum Gasteiger partial charge on any atom is -0.345 e. The van der Waals surface area contributed by atoms with Gasteiger partial charge in [0.25, 0.3) is 0 Å². The number of H-pyrrole nitrogens is 1. The van der Waals surface area contributed by atoms with Gasteiger partial charge in [0, 0.05) is 24.5 Å². The van der Waals surface area contributed by atoms with Gasteiger partial charge in [-0.3, -0.25) is 0 Å². The average Bonchev–Trinajstić information content (AvgIpc) is 2.81. The Labute approximate surface area is 121 Å². The maximum Gasteiger partial charge on any atom is 0.103 e. The maximum absolute atomic E-state index is 4.21. The number of nitrogens with one attached hydrogen (secondary N) is 2. The zero-order valence-corrected chi connectivity index (χ0v) is 13.1. The van der Waals surface area contributed by atoms with E-state index in [0.717, 1.165) is 18.1 Å². The predicted octanol–water partition coefficient (Wildman–Crippen LogP) is 3.87. The predicted molar refractivity (Wildman–Crippen MR) is 83.7 cm³/mol. The van der Waals surface area contributed by atoms with Gasteiger partial charge in [-0.15, -0.1) is 0 Å². The van der Waals surface area contributed by atoms with Crippen LogP contribution < -0.4 is 5.32 Å². The van der Waals surface area contributed by atoms with Crippen LogP contribution in [0.5, 0.6) is 0 Å². The fourth-order valence-electron chi connectivity index (χ4n) is 2.21. The van der Waals surface area contributed by atoms with E-state index in [9.17, 15) is 0 Å². The van der Waals surface area contributed by atoms with Crippen molar-refractivity contribution in [3.05, 3.63) is 53.1 Å². The number of hydrogen-bond acceptors (Lipinski definition) is 2. The van der Waals surface area contributed by atoms with Crippen molar-refractivity contribution in [3.8, 4) is 0 Å². The van der Waals surface area contributed by atoms with E-state index in [1.54, 1.807) is 0 Å². The molecule has 20 heavy (non-hydrogen) atoms. The van der Waals surface area contributed by atoms with Crippen molar-refractivity contribution < 1.29 is 0 Å². The molecule has 0 aliphatic heterocycles. The van der Waals surface area contributed by atoms with Crippen LogP contribution >= 0.6 is 0 Å². The molecule has 1 unspecified atom stereocenters. The number of nitrogens with zero attached hydrogens (tertiary/aromatic N) is 1. The van der Waals surface area contributed by atoms with Gasteiger partial charge in [0.1, 0.15) is 5.82 Å². The first-order valence-corrected chi connectivity index (χ1v) is 7.20. The summed E-state index contributed by atoms with van der Waals surface area (Å²) in [6.45, 7) is 11.7. The minimum absolute atomic E-state index is 0.211. The van der Waals surface area contributed by atoms with Crippen molar-refractivity contribution in [2.75, 3.05) is 0 Å². The summed E-state index contributed by atoms with van der Waals surface area (Å²) in [5.41, 5.74) is 4.02. The first kappa shape index (κ1) is 14.8. The first-order chi connectivity index (χ1) is 9.36.